The molecule has 2 aromatic carbocycles. The van der Waals surface area contributed by atoms with E-state index in [1.807, 2.05) is 6.07 Å². The molecule has 0 aliphatic rings. The van der Waals surface area contributed by atoms with Gasteiger partial charge < -0.3 is 5.32 Å². The van der Waals surface area contributed by atoms with E-state index in [1.54, 1.807) is 24.3 Å². The molecule has 0 unspecified atom stereocenters. The summed E-state index contributed by atoms with van der Waals surface area (Å²) in [7, 11) is 0. The summed E-state index contributed by atoms with van der Waals surface area (Å²) in [5, 5.41) is 2.81. The standard InChI is InChI=1S/C15H13BrFNOS/c16-14-5-4-12(20)9-13(14)15(19)18-7-6-10-2-1-3-11(17)8-10/h1-5,8-9,20H,6-7H2,(H,18,19). The lowest BCUT2D eigenvalue weighted by atomic mass is 10.1. The van der Waals surface area contributed by atoms with E-state index in [2.05, 4.69) is 33.9 Å². The van der Waals surface area contributed by atoms with Crippen molar-refractivity contribution in [2.24, 2.45) is 0 Å². The maximum Gasteiger partial charge on any atom is 0.252 e. The van der Waals surface area contributed by atoms with Gasteiger partial charge in [0.05, 0.1) is 5.56 Å². The third-order valence-electron chi connectivity index (χ3n) is 2.78. The van der Waals surface area contributed by atoms with E-state index in [9.17, 15) is 9.18 Å². The van der Waals surface area contributed by atoms with Gasteiger partial charge in [-0.25, -0.2) is 4.39 Å². The second-order valence-corrected chi connectivity index (χ2v) is 5.67. The molecule has 1 amide bonds. The second kappa shape index (κ2) is 6.90. The van der Waals surface area contributed by atoms with Crippen LogP contribution in [0.2, 0.25) is 0 Å². The van der Waals surface area contributed by atoms with E-state index in [4.69, 9.17) is 0 Å². The van der Waals surface area contributed by atoms with Crippen molar-refractivity contribution < 1.29 is 9.18 Å². The molecule has 0 atom stereocenters. The van der Waals surface area contributed by atoms with Gasteiger partial charge in [-0.2, -0.15) is 0 Å². The molecule has 0 aromatic heterocycles. The molecule has 0 aliphatic heterocycles. The van der Waals surface area contributed by atoms with Crippen LogP contribution in [0, 0.1) is 5.82 Å². The van der Waals surface area contributed by atoms with Crippen LogP contribution in [0.15, 0.2) is 51.8 Å². The van der Waals surface area contributed by atoms with Crippen LogP contribution in [0.3, 0.4) is 0 Å². The van der Waals surface area contributed by atoms with E-state index in [0.29, 0.717) is 18.5 Å². The van der Waals surface area contributed by atoms with Gasteiger partial charge in [-0.1, -0.05) is 12.1 Å². The highest BCUT2D eigenvalue weighted by atomic mass is 79.9. The first-order chi connectivity index (χ1) is 9.56. The Balaban J connectivity index is 1.94. The number of benzene rings is 2. The van der Waals surface area contributed by atoms with Crippen molar-refractivity contribution in [1.82, 2.24) is 5.32 Å². The highest BCUT2D eigenvalue weighted by Gasteiger charge is 2.09. The highest BCUT2D eigenvalue weighted by molar-refractivity contribution is 9.10. The Bertz CT molecular complexity index is 633. The summed E-state index contributed by atoms with van der Waals surface area (Å²) in [5.41, 5.74) is 1.39. The topological polar surface area (TPSA) is 29.1 Å². The number of amides is 1. The van der Waals surface area contributed by atoms with Gasteiger partial charge in [0, 0.05) is 15.9 Å². The smallest absolute Gasteiger partial charge is 0.252 e. The lowest BCUT2D eigenvalue weighted by Gasteiger charge is -2.08. The minimum absolute atomic E-state index is 0.177. The van der Waals surface area contributed by atoms with Crippen LogP contribution in [0.4, 0.5) is 4.39 Å². The summed E-state index contributed by atoms with van der Waals surface area (Å²) in [6.45, 7) is 0.450. The molecule has 0 saturated heterocycles. The molecule has 0 radical (unpaired) electrons. The molecule has 0 fully saturated rings. The number of hydrogen-bond donors (Lipinski definition) is 2. The molecule has 0 saturated carbocycles. The number of carbonyl (C=O) groups excluding carboxylic acids is 1. The monoisotopic (exact) mass is 353 g/mol. The number of halogens is 2. The molecule has 1 N–H and O–H groups in total. The van der Waals surface area contributed by atoms with Crippen molar-refractivity contribution >= 4 is 34.5 Å². The van der Waals surface area contributed by atoms with E-state index >= 15 is 0 Å². The Kier molecular flexibility index (Phi) is 5.20. The summed E-state index contributed by atoms with van der Waals surface area (Å²) < 4.78 is 13.7. The number of nitrogens with one attached hydrogen (secondary N) is 1. The first kappa shape index (κ1) is 15.1. The number of carbonyl (C=O) groups is 1. The maximum atomic E-state index is 13.0. The van der Waals surface area contributed by atoms with Gasteiger partial charge in [-0.05, 0) is 58.2 Å². The minimum Gasteiger partial charge on any atom is -0.352 e. The summed E-state index contributed by atoms with van der Waals surface area (Å²) in [4.78, 5) is 12.8. The molecule has 104 valence electrons. The Hall–Kier alpha value is -1.33. The Labute approximate surface area is 130 Å². The van der Waals surface area contributed by atoms with Gasteiger partial charge in [0.2, 0.25) is 0 Å². The molecule has 0 heterocycles. The molecule has 2 nitrogen and oxygen atoms in total. The predicted molar refractivity (Wildman–Crippen MR) is 83.8 cm³/mol. The molecule has 2 rings (SSSR count). The Morgan fingerprint density at radius 2 is 2.05 bits per heavy atom. The minimum atomic E-state index is -0.264. The highest BCUT2D eigenvalue weighted by Crippen LogP contribution is 2.20. The van der Waals surface area contributed by atoms with Gasteiger partial charge in [0.1, 0.15) is 5.82 Å². The largest absolute Gasteiger partial charge is 0.352 e. The number of thiol groups is 1. The van der Waals surface area contributed by atoms with E-state index in [1.165, 1.54) is 12.1 Å². The average Bonchev–Trinajstić information content (AvgIpc) is 2.41. The fourth-order valence-corrected chi connectivity index (χ4v) is 2.43. The van der Waals surface area contributed by atoms with E-state index in [0.717, 1.165) is 14.9 Å². The Morgan fingerprint density at radius 3 is 2.80 bits per heavy atom. The van der Waals surface area contributed by atoms with Crippen LogP contribution < -0.4 is 5.32 Å². The average molecular weight is 354 g/mol. The van der Waals surface area contributed by atoms with Crippen LogP contribution in [-0.4, -0.2) is 12.5 Å². The van der Waals surface area contributed by atoms with Gasteiger partial charge in [0.25, 0.3) is 5.91 Å². The quantitative estimate of drug-likeness (QED) is 0.803. The van der Waals surface area contributed by atoms with Crippen molar-refractivity contribution in [3.8, 4) is 0 Å². The fraction of sp³-hybridized carbons (Fsp3) is 0.133. The van der Waals surface area contributed by atoms with Crippen LogP contribution in [0.25, 0.3) is 0 Å². The second-order valence-electron chi connectivity index (χ2n) is 4.30. The van der Waals surface area contributed by atoms with Gasteiger partial charge >= 0.3 is 0 Å². The molecular weight excluding hydrogens is 341 g/mol. The first-order valence-electron chi connectivity index (χ1n) is 6.07. The summed E-state index contributed by atoms with van der Waals surface area (Å²) in [6, 6.07) is 11.6. The molecule has 20 heavy (non-hydrogen) atoms. The van der Waals surface area contributed by atoms with Crippen LogP contribution in [0.5, 0.6) is 0 Å². The molecular formula is C15H13BrFNOS. The van der Waals surface area contributed by atoms with Crippen molar-refractivity contribution in [2.75, 3.05) is 6.54 Å². The number of rotatable bonds is 4. The summed E-state index contributed by atoms with van der Waals surface area (Å²) in [5.74, 6) is -0.441. The van der Waals surface area contributed by atoms with Crippen LogP contribution >= 0.6 is 28.6 Å². The summed E-state index contributed by atoms with van der Waals surface area (Å²) >= 11 is 7.55. The maximum absolute atomic E-state index is 13.0. The zero-order valence-electron chi connectivity index (χ0n) is 10.6. The zero-order valence-corrected chi connectivity index (χ0v) is 13.0. The van der Waals surface area contributed by atoms with Crippen molar-refractivity contribution in [1.29, 1.82) is 0 Å². The van der Waals surface area contributed by atoms with Crippen molar-refractivity contribution in [2.45, 2.75) is 11.3 Å². The molecule has 2 aromatic rings. The van der Waals surface area contributed by atoms with Crippen molar-refractivity contribution in [3.05, 3.63) is 63.9 Å². The van der Waals surface area contributed by atoms with Crippen molar-refractivity contribution in [3.63, 3.8) is 0 Å². The van der Waals surface area contributed by atoms with Gasteiger partial charge in [-0.15, -0.1) is 12.6 Å². The molecule has 0 aliphatic carbocycles. The van der Waals surface area contributed by atoms with E-state index in [-0.39, 0.29) is 11.7 Å². The van der Waals surface area contributed by atoms with Gasteiger partial charge in [0.15, 0.2) is 0 Å². The molecule has 0 spiro atoms. The summed E-state index contributed by atoms with van der Waals surface area (Å²) in [6.07, 6.45) is 0.585. The van der Waals surface area contributed by atoms with Gasteiger partial charge in [-0.3, -0.25) is 4.79 Å². The van der Waals surface area contributed by atoms with Crippen LogP contribution in [-0.2, 0) is 6.42 Å². The SMILES string of the molecule is O=C(NCCc1cccc(F)c1)c1cc(S)ccc1Br. The fourth-order valence-electron chi connectivity index (χ4n) is 1.80. The third-order valence-corrected chi connectivity index (χ3v) is 3.75. The lowest BCUT2D eigenvalue weighted by Crippen LogP contribution is -2.26. The zero-order chi connectivity index (χ0) is 14.5. The van der Waals surface area contributed by atoms with E-state index < -0.39 is 0 Å². The van der Waals surface area contributed by atoms with Crippen LogP contribution in [0.1, 0.15) is 15.9 Å². The lowest BCUT2D eigenvalue weighted by molar-refractivity contribution is 0.0953. The molecule has 5 heteroatoms. The first-order valence-corrected chi connectivity index (χ1v) is 7.31. The third kappa shape index (κ3) is 4.08. The normalized spacial score (nSPS) is 10.3. The molecule has 0 bridgehead atoms. The Morgan fingerprint density at radius 1 is 1.25 bits per heavy atom. The predicted octanol–water partition coefficient (Wildman–Crippen LogP) is 3.85. The number of hydrogen-bond acceptors (Lipinski definition) is 2.